The van der Waals surface area contributed by atoms with Crippen LogP contribution in [0.15, 0.2) is 24.3 Å². The van der Waals surface area contributed by atoms with Gasteiger partial charge < -0.3 is 14.2 Å². The Morgan fingerprint density at radius 3 is 2.72 bits per heavy atom. The van der Waals surface area contributed by atoms with Gasteiger partial charge in [-0.3, -0.25) is 4.79 Å². The van der Waals surface area contributed by atoms with Gasteiger partial charge in [0.05, 0.1) is 26.4 Å². The highest BCUT2D eigenvalue weighted by Gasteiger charge is 2.23. The largest absolute Gasteiger partial charge is 0.494 e. The maximum atomic E-state index is 12.1. The Balaban J connectivity index is 1.97. The summed E-state index contributed by atoms with van der Waals surface area (Å²) in [5, 5.41) is 0. The summed E-state index contributed by atoms with van der Waals surface area (Å²) in [4.78, 5) is 12.1. The molecule has 1 aromatic rings. The molecule has 1 unspecified atom stereocenters. The molecule has 0 amide bonds. The zero-order valence-corrected chi connectivity index (χ0v) is 10.6. The average Bonchev–Trinajstić information content (AvgIpc) is 2.46. The molecule has 0 aromatic heterocycles. The topological polar surface area (TPSA) is 44.8 Å². The minimum absolute atomic E-state index is 0.0308. The molecule has 2 rings (SSSR count). The Hall–Kier alpha value is -1.39. The van der Waals surface area contributed by atoms with E-state index in [0.29, 0.717) is 32.0 Å². The quantitative estimate of drug-likeness (QED) is 0.750. The number of rotatable bonds is 5. The Morgan fingerprint density at radius 1 is 1.33 bits per heavy atom. The first kappa shape index (κ1) is 13.1. The summed E-state index contributed by atoms with van der Waals surface area (Å²) in [6.07, 6.45) is 0.495. The molecule has 0 N–H and O–H groups in total. The van der Waals surface area contributed by atoms with Crippen LogP contribution in [0.2, 0.25) is 0 Å². The first-order valence-corrected chi connectivity index (χ1v) is 6.27. The lowest BCUT2D eigenvalue weighted by molar-refractivity contribution is -0.0719. The summed E-state index contributed by atoms with van der Waals surface area (Å²) in [7, 11) is 0. The average molecular weight is 250 g/mol. The molecule has 1 heterocycles. The number of carbonyl (C=O) groups excluding carboxylic acids is 1. The molecule has 1 aliphatic heterocycles. The lowest BCUT2D eigenvalue weighted by Gasteiger charge is -2.21. The number of hydrogen-bond donors (Lipinski definition) is 0. The van der Waals surface area contributed by atoms with Crippen LogP contribution in [0.4, 0.5) is 0 Å². The van der Waals surface area contributed by atoms with Crippen LogP contribution >= 0.6 is 0 Å². The molecule has 1 aromatic carbocycles. The molecule has 4 nitrogen and oxygen atoms in total. The van der Waals surface area contributed by atoms with Crippen molar-refractivity contribution < 1.29 is 19.0 Å². The van der Waals surface area contributed by atoms with Gasteiger partial charge in [-0.2, -0.15) is 0 Å². The fraction of sp³-hybridized carbons (Fsp3) is 0.500. The van der Waals surface area contributed by atoms with E-state index in [9.17, 15) is 4.79 Å². The van der Waals surface area contributed by atoms with Gasteiger partial charge in [0.25, 0.3) is 0 Å². The minimum atomic E-state index is -0.471. The molecule has 1 saturated heterocycles. The summed E-state index contributed by atoms with van der Waals surface area (Å²) in [5.74, 6) is 0.756. The Labute approximate surface area is 107 Å². The number of Topliss-reactive ketones (excluding diaryl/α,β-unsaturated/α-hetero) is 1. The normalized spacial score (nSPS) is 19.5. The zero-order chi connectivity index (χ0) is 12.8. The SMILES string of the molecule is CCCOc1ccc(C(=O)C2COCCO2)cc1. The van der Waals surface area contributed by atoms with E-state index in [4.69, 9.17) is 14.2 Å². The summed E-state index contributed by atoms with van der Waals surface area (Å²) < 4.78 is 16.1. The van der Waals surface area contributed by atoms with Crippen molar-refractivity contribution in [2.75, 3.05) is 26.4 Å². The molecular formula is C14H18O4. The predicted octanol–water partition coefficient (Wildman–Crippen LogP) is 2.07. The lowest BCUT2D eigenvalue weighted by Crippen LogP contribution is -2.35. The highest BCUT2D eigenvalue weighted by atomic mass is 16.6. The highest BCUT2D eigenvalue weighted by Crippen LogP contribution is 2.15. The number of ether oxygens (including phenoxy) is 3. The van der Waals surface area contributed by atoms with Crippen molar-refractivity contribution in [1.82, 2.24) is 0 Å². The lowest BCUT2D eigenvalue weighted by atomic mass is 10.1. The van der Waals surface area contributed by atoms with Crippen molar-refractivity contribution in [3.63, 3.8) is 0 Å². The molecule has 1 aliphatic rings. The smallest absolute Gasteiger partial charge is 0.193 e. The number of hydrogen-bond acceptors (Lipinski definition) is 4. The molecule has 1 atom stereocenters. The van der Waals surface area contributed by atoms with Gasteiger partial charge in [-0.05, 0) is 30.7 Å². The molecule has 0 aliphatic carbocycles. The van der Waals surface area contributed by atoms with Gasteiger partial charge in [-0.1, -0.05) is 6.92 Å². The molecule has 0 saturated carbocycles. The van der Waals surface area contributed by atoms with E-state index in [1.165, 1.54) is 0 Å². The van der Waals surface area contributed by atoms with E-state index in [2.05, 4.69) is 6.92 Å². The monoisotopic (exact) mass is 250 g/mol. The molecule has 98 valence electrons. The fourth-order valence-corrected chi connectivity index (χ4v) is 1.76. The van der Waals surface area contributed by atoms with Crippen LogP contribution in [0.1, 0.15) is 23.7 Å². The Bertz CT molecular complexity index is 379. The second kappa shape index (κ2) is 6.52. The summed E-state index contributed by atoms with van der Waals surface area (Å²) in [6.45, 7) is 4.12. The van der Waals surface area contributed by atoms with Crippen LogP contribution in [-0.4, -0.2) is 38.3 Å². The van der Waals surface area contributed by atoms with Crippen LogP contribution in [0.3, 0.4) is 0 Å². The second-order valence-corrected chi connectivity index (χ2v) is 4.17. The van der Waals surface area contributed by atoms with Crippen LogP contribution in [0.25, 0.3) is 0 Å². The fourth-order valence-electron chi connectivity index (χ4n) is 1.76. The molecule has 1 fully saturated rings. The standard InChI is InChI=1S/C14H18O4/c1-2-7-17-12-5-3-11(4-6-12)14(15)13-10-16-8-9-18-13/h3-6,13H,2,7-10H2,1H3. The molecule has 0 bridgehead atoms. The third-order valence-electron chi connectivity index (χ3n) is 2.72. The van der Waals surface area contributed by atoms with Crippen LogP contribution in [-0.2, 0) is 9.47 Å². The first-order chi connectivity index (χ1) is 8.81. The van der Waals surface area contributed by atoms with E-state index >= 15 is 0 Å². The maximum absolute atomic E-state index is 12.1. The third kappa shape index (κ3) is 3.31. The van der Waals surface area contributed by atoms with Gasteiger partial charge in [0.1, 0.15) is 11.9 Å². The highest BCUT2D eigenvalue weighted by molar-refractivity contribution is 5.99. The number of carbonyl (C=O) groups is 1. The van der Waals surface area contributed by atoms with E-state index in [0.717, 1.165) is 12.2 Å². The van der Waals surface area contributed by atoms with Gasteiger partial charge in [0.15, 0.2) is 5.78 Å². The zero-order valence-electron chi connectivity index (χ0n) is 10.6. The second-order valence-electron chi connectivity index (χ2n) is 4.17. The van der Waals surface area contributed by atoms with Crippen LogP contribution < -0.4 is 4.74 Å². The molecule has 4 heteroatoms. The maximum Gasteiger partial charge on any atom is 0.193 e. The predicted molar refractivity (Wildman–Crippen MR) is 67.1 cm³/mol. The van der Waals surface area contributed by atoms with E-state index in [1.54, 1.807) is 12.1 Å². The van der Waals surface area contributed by atoms with Gasteiger partial charge in [-0.25, -0.2) is 0 Å². The van der Waals surface area contributed by atoms with Gasteiger partial charge in [0.2, 0.25) is 0 Å². The van der Waals surface area contributed by atoms with Crippen LogP contribution in [0.5, 0.6) is 5.75 Å². The van der Waals surface area contributed by atoms with Gasteiger partial charge in [0, 0.05) is 5.56 Å². The van der Waals surface area contributed by atoms with Crippen molar-refractivity contribution in [1.29, 1.82) is 0 Å². The molecule has 18 heavy (non-hydrogen) atoms. The van der Waals surface area contributed by atoms with Crippen LogP contribution in [0, 0.1) is 0 Å². The first-order valence-electron chi connectivity index (χ1n) is 6.27. The molecular weight excluding hydrogens is 232 g/mol. The van der Waals surface area contributed by atoms with Gasteiger partial charge >= 0.3 is 0 Å². The Morgan fingerprint density at radius 2 is 2.11 bits per heavy atom. The van der Waals surface area contributed by atoms with E-state index in [-0.39, 0.29) is 5.78 Å². The Kier molecular flexibility index (Phi) is 4.73. The molecule has 0 radical (unpaired) electrons. The summed E-state index contributed by atoms with van der Waals surface area (Å²) >= 11 is 0. The van der Waals surface area contributed by atoms with Crippen molar-refractivity contribution in [3.05, 3.63) is 29.8 Å². The summed E-state index contributed by atoms with van der Waals surface area (Å²) in [5.41, 5.74) is 0.634. The van der Waals surface area contributed by atoms with Crippen molar-refractivity contribution in [2.24, 2.45) is 0 Å². The van der Waals surface area contributed by atoms with Crippen molar-refractivity contribution >= 4 is 5.78 Å². The minimum Gasteiger partial charge on any atom is -0.494 e. The van der Waals surface area contributed by atoms with Crippen molar-refractivity contribution in [3.8, 4) is 5.75 Å². The molecule has 0 spiro atoms. The van der Waals surface area contributed by atoms with Crippen molar-refractivity contribution in [2.45, 2.75) is 19.4 Å². The third-order valence-corrected chi connectivity index (χ3v) is 2.72. The number of benzene rings is 1. The van der Waals surface area contributed by atoms with E-state index < -0.39 is 6.10 Å². The van der Waals surface area contributed by atoms with Gasteiger partial charge in [-0.15, -0.1) is 0 Å². The number of ketones is 1. The summed E-state index contributed by atoms with van der Waals surface area (Å²) in [6, 6.07) is 7.16. The van der Waals surface area contributed by atoms with E-state index in [1.807, 2.05) is 12.1 Å².